The van der Waals surface area contributed by atoms with E-state index < -0.39 is 16.0 Å². The van der Waals surface area contributed by atoms with Gasteiger partial charge in [-0.05, 0) is 34.1 Å². The van der Waals surface area contributed by atoms with Crippen LogP contribution in [-0.2, 0) is 19.5 Å². The predicted octanol–water partition coefficient (Wildman–Crippen LogP) is 1.04. The second-order valence-corrected chi connectivity index (χ2v) is 6.47. The zero-order valence-electron chi connectivity index (χ0n) is 9.84. The van der Waals surface area contributed by atoms with Gasteiger partial charge in [0.15, 0.2) is 0 Å². The molecule has 1 unspecified atom stereocenters. The van der Waals surface area contributed by atoms with Crippen LogP contribution < -0.4 is 5.14 Å². The van der Waals surface area contributed by atoms with Crippen LogP contribution in [0.3, 0.4) is 0 Å². The summed E-state index contributed by atoms with van der Waals surface area (Å²) in [4.78, 5) is 11.7. The summed E-state index contributed by atoms with van der Waals surface area (Å²) in [5.74, 6) is -0.590. The number of hydrogen-bond acceptors (Lipinski definition) is 5. The maximum atomic E-state index is 11.9. The lowest BCUT2D eigenvalue weighted by molar-refractivity contribution is 0.0270. The van der Waals surface area contributed by atoms with Crippen LogP contribution in [0.15, 0.2) is 27.6 Å². The number of hydrogen-bond donors (Lipinski definition) is 1. The Morgan fingerprint density at radius 1 is 1.47 bits per heavy atom. The third-order valence-corrected chi connectivity index (χ3v) is 4.54. The molecule has 1 heterocycles. The number of esters is 1. The summed E-state index contributed by atoms with van der Waals surface area (Å²) in [6, 6.07) is 4.11. The monoisotopic (exact) mass is 349 g/mol. The number of ether oxygens (including phenoxy) is 2. The topological polar surface area (TPSA) is 95.7 Å². The van der Waals surface area contributed by atoms with Crippen LogP contribution in [0.1, 0.15) is 16.8 Å². The third-order valence-electron chi connectivity index (χ3n) is 2.64. The van der Waals surface area contributed by atoms with Crippen molar-refractivity contribution in [1.82, 2.24) is 0 Å². The number of nitrogens with two attached hydrogens (primary N) is 1. The molecule has 0 aromatic heterocycles. The van der Waals surface area contributed by atoms with Gasteiger partial charge in [-0.15, -0.1) is 0 Å². The highest BCUT2D eigenvalue weighted by Gasteiger charge is 2.22. The van der Waals surface area contributed by atoms with Crippen LogP contribution in [-0.4, -0.2) is 33.7 Å². The van der Waals surface area contributed by atoms with E-state index in [-0.39, 0.29) is 16.6 Å². The molecule has 0 saturated carbocycles. The van der Waals surface area contributed by atoms with Gasteiger partial charge in [0.1, 0.15) is 6.10 Å². The number of carbonyl (C=O) groups is 1. The van der Waals surface area contributed by atoms with Crippen molar-refractivity contribution in [2.45, 2.75) is 17.4 Å². The highest BCUT2D eigenvalue weighted by molar-refractivity contribution is 9.10. The maximum Gasteiger partial charge on any atom is 0.338 e. The van der Waals surface area contributed by atoms with Gasteiger partial charge >= 0.3 is 5.97 Å². The SMILES string of the molecule is NS(=O)(=O)c1cc(C(=O)OC2CCOC2)ccc1Br. The van der Waals surface area contributed by atoms with Gasteiger partial charge < -0.3 is 9.47 Å². The van der Waals surface area contributed by atoms with Crippen molar-refractivity contribution in [2.75, 3.05) is 13.2 Å². The molecule has 0 spiro atoms. The lowest BCUT2D eigenvalue weighted by Gasteiger charge is -2.11. The van der Waals surface area contributed by atoms with E-state index in [1.165, 1.54) is 18.2 Å². The minimum Gasteiger partial charge on any atom is -0.456 e. The first kappa shape index (κ1) is 14.4. The van der Waals surface area contributed by atoms with Gasteiger partial charge in [0.2, 0.25) is 10.0 Å². The van der Waals surface area contributed by atoms with E-state index in [2.05, 4.69) is 15.9 Å². The fraction of sp³-hybridized carbons (Fsp3) is 0.364. The summed E-state index contributed by atoms with van der Waals surface area (Å²) < 4.78 is 33.3. The molecule has 0 aliphatic carbocycles. The van der Waals surface area contributed by atoms with E-state index >= 15 is 0 Å². The summed E-state index contributed by atoms with van der Waals surface area (Å²) >= 11 is 3.07. The molecule has 1 aromatic carbocycles. The predicted molar refractivity (Wildman–Crippen MR) is 70.2 cm³/mol. The lowest BCUT2D eigenvalue weighted by Crippen LogP contribution is -2.19. The molecule has 19 heavy (non-hydrogen) atoms. The van der Waals surface area contributed by atoms with E-state index in [1.54, 1.807) is 0 Å². The van der Waals surface area contributed by atoms with Crippen LogP contribution in [0.5, 0.6) is 0 Å². The van der Waals surface area contributed by atoms with Crippen molar-refractivity contribution in [3.8, 4) is 0 Å². The normalized spacial score (nSPS) is 19.4. The van der Waals surface area contributed by atoms with E-state index in [9.17, 15) is 13.2 Å². The van der Waals surface area contributed by atoms with E-state index in [4.69, 9.17) is 14.6 Å². The van der Waals surface area contributed by atoms with Crippen LogP contribution in [0.4, 0.5) is 0 Å². The Balaban J connectivity index is 2.23. The molecule has 0 bridgehead atoms. The third kappa shape index (κ3) is 3.53. The van der Waals surface area contributed by atoms with Crippen molar-refractivity contribution >= 4 is 31.9 Å². The second kappa shape index (κ2) is 5.58. The average Bonchev–Trinajstić information content (AvgIpc) is 2.80. The minimum absolute atomic E-state index is 0.138. The van der Waals surface area contributed by atoms with Gasteiger partial charge in [-0.25, -0.2) is 18.4 Å². The van der Waals surface area contributed by atoms with Gasteiger partial charge in [0.25, 0.3) is 0 Å². The molecule has 0 radical (unpaired) electrons. The number of sulfonamides is 1. The maximum absolute atomic E-state index is 11.9. The Hall–Kier alpha value is -0.960. The first-order valence-corrected chi connectivity index (χ1v) is 7.83. The molecule has 0 amide bonds. The Kier molecular flexibility index (Phi) is 4.24. The number of rotatable bonds is 3. The zero-order valence-corrected chi connectivity index (χ0v) is 12.2. The molecule has 8 heteroatoms. The van der Waals surface area contributed by atoms with Crippen LogP contribution in [0.25, 0.3) is 0 Å². The Bertz CT molecular complexity index is 595. The Morgan fingerprint density at radius 3 is 2.79 bits per heavy atom. The second-order valence-electron chi connectivity index (χ2n) is 4.08. The summed E-state index contributed by atoms with van der Waals surface area (Å²) in [6.07, 6.45) is 0.360. The highest BCUT2D eigenvalue weighted by Crippen LogP contribution is 2.23. The number of carbonyl (C=O) groups excluding carboxylic acids is 1. The van der Waals surface area contributed by atoms with Gasteiger partial charge in [0.05, 0.1) is 23.7 Å². The first-order valence-electron chi connectivity index (χ1n) is 5.49. The molecule has 1 aliphatic rings. The smallest absolute Gasteiger partial charge is 0.338 e. The van der Waals surface area contributed by atoms with Gasteiger partial charge in [-0.1, -0.05) is 0 Å². The van der Waals surface area contributed by atoms with Crippen molar-refractivity contribution in [1.29, 1.82) is 0 Å². The standard InChI is InChI=1S/C11H12BrNO5S/c12-9-2-1-7(5-10(9)19(13,15)16)11(14)18-8-3-4-17-6-8/h1-2,5,8H,3-4,6H2,(H2,13,15,16). The molecule has 1 atom stereocenters. The Morgan fingerprint density at radius 2 is 2.21 bits per heavy atom. The van der Waals surface area contributed by atoms with Crippen molar-refractivity contribution < 1.29 is 22.7 Å². The zero-order chi connectivity index (χ0) is 14.0. The van der Waals surface area contributed by atoms with Gasteiger partial charge in [0, 0.05) is 10.9 Å². The molecule has 1 aromatic rings. The van der Waals surface area contributed by atoms with Crippen molar-refractivity contribution in [2.24, 2.45) is 5.14 Å². The van der Waals surface area contributed by atoms with Crippen LogP contribution in [0.2, 0.25) is 0 Å². The van der Waals surface area contributed by atoms with Crippen molar-refractivity contribution in [3.63, 3.8) is 0 Å². The average molecular weight is 350 g/mol. The van der Waals surface area contributed by atoms with Gasteiger partial charge in [-0.2, -0.15) is 0 Å². The fourth-order valence-electron chi connectivity index (χ4n) is 1.67. The van der Waals surface area contributed by atoms with Crippen LogP contribution >= 0.6 is 15.9 Å². The molecule has 1 aliphatic heterocycles. The molecule has 2 rings (SSSR count). The molecule has 2 N–H and O–H groups in total. The molecule has 6 nitrogen and oxygen atoms in total. The number of halogens is 1. The van der Waals surface area contributed by atoms with E-state index in [0.29, 0.717) is 24.1 Å². The molecular weight excluding hydrogens is 338 g/mol. The lowest BCUT2D eigenvalue weighted by atomic mass is 10.2. The largest absolute Gasteiger partial charge is 0.456 e. The molecule has 1 saturated heterocycles. The number of benzene rings is 1. The van der Waals surface area contributed by atoms with E-state index in [0.717, 1.165) is 0 Å². The summed E-state index contributed by atoms with van der Waals surface area (Å²) in [5, 5.41) is 5.06. The summed E-state index contributed by atoms with van der Waals surface area (Å²) in [5.41, 5.74) is 0.138. The Labute approximate surface area is 119 Å². The quantitative estimate of drug-likeness (QED) is 0.822. The summed E-state index contributed by atoms with van der Waals surface area (Å²) in [6.45, 7) is 0.922. The highest BCUT2D eigenvalue weighted by atomic mass is 79.9. The van der Waals surface area contributed by atoms with Crippen LogP contribution in [0, 0.1) is 0 Å². The van der Waals surface area contributed by atoms with E-state index in [1.807, 2.05) is 0 Å². The first-order chi connectivity index (χ1) is 8.88. The van der Waals surface area contributed by atoms with Gasteiger partial charge in [-0.3, -0.25) is 0 Å². The minimum atomic E-state index is -3.90. The molecule has 104 valence electrons. The fourth-order valence-corrected chi connectivity index (χ4v) is 3.23. The number of primary sulfonamides is 1. The van der Waals surface area contributed by atoms with Crippen molar-refractivity contribution in [3.05, 3.63) is 28.2 Å². The molecular formula is C11H12BrNO5S. The summed E-state index contributed by atoms with van der Waals surface area (Å²) in [7, 11) is -3.90. The molecule has 1 fully saturated rings.